The third kappa shape index (κ3) is 7.50. The number of nitriles is 2. The van der Waals surface area contributed by atoms with E-state index in [4.69, 9.17) is 14.1 Å². The van der Waals surface area contributed by atoms with Gasteiger partial charge in [0, 0.05) is 42.9 Å². The summed E-state index contributed by atoms with van der Waals surface area (Å²) in [7, 11) is -2.14. The second kappa shape index (κ2) is 12.4. The number of carbonyl (C=O) groups is 1. The predicted molar refractivity (Wildman–Crippen MR) is 184 cm³/mol. The lowest BCUT2D eigenvalue weighted by Gasteiger charge is -2.39. The number of aryl methyl sites for hydroxylation is 1. The van der Waals surface area contributed by atoms with Gasteiger partial charge in [-0.3, -0.25) is 4.90 Å². The molecule has 1 unspecified atom stereocenters. The number of hydrogen-bond donors (Lipinski definition) is 1. The number of carbonyl (C=O) groups excluding carboxylic acids is 1. The molecule has 1 atom stereocenters. The van der Waals surface area contributed by atoms with Crippen LogP contribution >= 0.6 is 0 Å². The van der Waals surface area contributed by atoms with Crippen LogP contribution in [-0.4, -0.2) is 52.9 Å². The van der Waals surface area contributed by atoms with E-state index in [0.29, 0.717) is 54.1 Å². The van der Waals surface area contributed by atoms with Crippen LogP contribution in [0.5, 0.6) is 0 Å². The van der Waals surface area contributed by atoms with E-state index in [1.165, 1.54) is 12.8 Å². The van der Waals surface area contributed by atoms with Crippen molar-refractivity contribution in [2.24, 2.45) is 5.92 Å². The smallest absolute Gasteiger partial charge is 0.414 e. The Hall–Kier alpha value is -4.26. The van der Waals surface area contributed by atoms with Crippen molar-refractivity contribution in [1.29, 1.82) is 10.5 Å². The number of amides is 1. The monoisotopic (exact) mass is 654 g/mol. The van der Waals surface area contributed by atoms with Crippen LogP contribution in [0.2, 0.25) is 18.1 Å². The highest BCUT2D eigenvalue weighted by Crippen LogP contribution is 2.47. The molecule has 1 fully saturated rings. The van der Waals surface area contributed by atoms with E-state index in [0.717, 1.165) is 23.5 Å². The van der Waals surface area contributed by atoms with Gasteiger partial charge in [0.15, 0.2) is 14.0 Å². The van der Waals surface area contributed by atoms with Gasteiger partial charge in [-0.2, -0.15) is 15.6 Å². The molecule has 1 aliphatic carbocycles. The number of hydrogen-bond acceptors (Lipinski definition) is 9. The van der Waals surface area contributed by atoms with Gasteiger partial charge >= 0.3 is 6.09 Å². The Morgan fingerprint density at radius 1 is 1.13 bits per heavy atom. The Bertz CT molecular complexity index is 1750. The highest BCUT2D eigenvalue weighted by atomic mass is 28.4. The molecule has 0 radical (unpaired) electrons. The topological polar surface area (TPSA) is 142 Å². The number of aromatic nitrogens is 4. The Balaban J connectivity index is 1.53. The normalized spacial score (nSPS) is 18.0. The second-order valence-electron chi connectivity index (χ2n) is 15.6. The lowest BCUT2D eigenvalue weighted by atomic mass is 9.83. The summed E-state index contributed by atoms with van der Waals surface area (Å²) in [5, 5.41) is 27.6. The fourth-order valence-electron chi connectivity index (χ4n) is 5.43. The number of ether oxygens (including phenoxy) is 1. The Morgan fingerprint density at radius 2 is 1.85 bits per heavy atom. The molecule has 3 heterocycles. The summed E-state index contributed by atoms with van der Waals surface area (Å²) in [5.74, 6) is 1.71. The van der Waals surface area contributed by atoms with Gasteiger partial charge in [-0.1, -0.05) is 40.5 Å². The Morgan fingerprint density at radius 3 is 2.47 bits per heavy atom. The lowest BCUT2D eigenvalue weighted by Crippen LogP contribution is -2.46. The SMILES string of the molecule is CC(C)(C)OC(=O)N1CC(C)(CO[Si](C)(C)C(C)(C)C)c2cc(-c3ccnc(Nc4cc(C#N)nn4CCC4CC4)n3)cc(C#N)c21. The quantitative estimate of drug-likeness (QED) is 0.230. The maximum Gasteiger partial charge on any atom is 0.414 e. The van der Waals surface area contributed by atoms with Crippen molar-refractivity contribution in [1.82, 2.24) is 19.7 Å². The van der Waals surface area contributed by atoms with Crippen LogP contribution in [0.1, 0.15) is 84.5 Å². The summed E-state index contributed by atoms with van der Waals surface area (Å²) >= 11 is 0. The van der Waals surface area contributed by atoms with Gasteiger partial charge in [-0.25, -0.2) is 19.4 Å². The van der Waals surface area contributed by atoms with Gasteiger partial charge in [0.1, 0.15) is 23.6 Å². The van der Waals surface area contributed by atoms with Gasteiger partial charge in [0.05, 0.1) is 16.9 Å². The van der Waals surface area contributed by atoms with Crippen molar-refractivity contribution >= 4 is 31.9 Å². The highest BCUT2D eigenvalue weighted by molar-refractivity contribution is 6.74. The molecular formula is C35H46N8O3Si. The molecule has 0 spiro atoms. The zero-order valence-corrected chi connectivity index (χ0v) is 30.1. The van der Waals surface area contributed by atoms with Crippen LogP contribution in [-0.2, 0) is 21.1 Å². The zero-order valence-electron chi connectivity index (χ0n) is 29.1. The van der Waals surface area contributed by atoms with Crippen LogP contribution in [0.25, 0.3) is 11.3 Å². The summed E-state index contributed by atoms with van der Waals surface area (Å²) in [5.41, 5.74) is 2.06. The average Bonchev–Trinajstić information content (AvgIpc) is 3.67. The number of anilines is 3. The molecule has 5 rings (SSSR count). The maximum absolute atomic E-state index is 13.6. The van der Waals surface area contributed by atoms with Crippen LogP contribution in [0.3, 0.4) is 0 Å². The van der Waals surface area contributed by atoms with Crippen LogP contribution < -0.4 is 10.2 Å². The summed E-state index contributed by atoms with van der Waals surface area (Å²) in [6.45, 7) is 20.0. The first-order valence-corrected chi connectivity index (χ1v) is 19.2. The first kappa shape index (κ1) is 34.1. The third-order valence-electron chi connectivity index (χ3n) is 9.36. The Kier molecular flexibility index (Phi) is 8.99. The fraction of sp³-hybridized carbons (Fsp3) is 0.543. The minimum Gasteiger partial charge on any atom is -0.443 e. The Labute approximate surface area is 279 Å². The molecule has 248 valence electrons. The summed E-state index contributed by atoms with van der Waals surface area (Å²) in [6, 6.07) is 11.7. The number of rotatable bonds is 9. The first-order chi connectivity index (χ1) is 21.9. The van der Waals surface area contributed by atoms with Crippen molar-refractivity contribution in [3.63, 3.8) is 0 Å². The molecule has 11 nitrogen and oxygen atoms in total. The van der Waals surface area contributed by atoms with E-state index >= 15 is 0 Å². The van der Waals surface area contributed by atoms with Gasteiger partial charge in [-0.05, 0) is 75.0 Å². The molecule has 1 N–H and O–H groups in total. The van der Waals surface area contributed by atoms with Gasteiger partial charge in [0.25, 0.3) is 0 Å². The number of benzene rings is 1. The molecule has 0 saturated heterocycles. The number of fused-ring (bicyclic) bond motifs is 1. The largest absolute Gasteiger partial charge is 0.443 e. The van der Waals surface area contributed by atoms with E-state index in [1.807, 2.05) is 26.8 Å². The maximum atomic E-state index is 13.6. The molecule has 3 aromatic rings. The molecule has 1 aromatic carbocycles. The molecule has 1 saturated carbocycles. The molecule has 0 bridgehead atoms. The predicted octanol–water partition coefficient (Wildman–Crippen LogP) is 7.66. The summed E-state index contributed by atoms with van der Waals surface area (Å²) in [4.78, 5) is 24.4. The molecule has 12 heteroatoms. The van der Waals surface area contributed by atoms with Crippen LogP contribution in [0, 0.1) is 28.6 Å². The van der Waals surface area contributed by atoms with E-state index in [1.54, 1.807) is 34.0 Å². The number of nitrogens with one attached hydrogen (secondary N) is 1. The number of nitrogens with zero attached hydrogens (tertiary/aromatic N) is 7. The van der Waals surface area contributed by atoms with E-state index in [2.05, 4.69) is 68.3 Å². The van der Waals surface area contributed by atoms with Crippen molar-refractivity contribution in [3.05, 3.63) is 47.3 Å². The van der Waals surface area contributed by atoms with Gasteiger partial charge in [0.2, 0.25) is 5.95 Å². The van der Waals surface area contributed by atoms with Crippen molar-refractivity contribution in [2.75, 3.05) is 23.4 Å². The first-order valence-electron chi connectivity index (χ1n) is 16.2. The van der Waals surface area contributed by atoms with E-state index in [-0.39, 0.29) is 5.04 Å². The zero-order chi connectivity index (χ0) is 34.4. The minimum atomic E-state index is -2.14. The standard InChI is InChI=1S/C35H46N8O3Si/c1-33(2,3)46-32(44)42-21-35(7,22-45-47(8,9)34(4,5)6)27-17-24(16-25(19-36)30(27)42)28-12-14-38-31(39-28)40-29-18-26(20-37)41-43(29)15-13-23-10-11-23/h12,14,16-18,23H,10-11,13,15,21-22H2,1-9H3,(H,38,39,40). The lowest BCUT2D eigenvalue weighted by molar-refractivity contribution is 0.0575. The van der Waals surface area contributed by atoms with Crippen molar-refractivity contribution in [2.45, 2.75) is 103 Å². The average molecular weight is 655 g/mol. The van der Waals surface area contributed by atoms with Crippen molar-refractivity contribution in [3.8, 4) is 23.4 Å². The van der Waals surface area contributed by atoms with Crippen LogP contribution in [0.4, 0.5) is 22.2 Å². The molecule has 2 aromatic heterocycles. The molecule has 1 amide bonds. The van der Waals surface area contributed by atoms with Gasteiger partial charge < -0.3 is 14.5 Å². The van der Waals surface area contributed by atoms with Crippen molar-refractivity contribution < 1.29 is 14.0 Å². The molecular weight excluding hydrogens is 609 g/mol. The highest BCUT2D eigenvalue weighted by Gasteiger charge is 2.47. The molecule has 47 heavy (non-hydrogen) atoms. The summed E-state index contributed by atoms with van der Waals surface area (Å²) in [6.07, 6.45) is 4.65. The molecule has 1 aliphatic heterocycles. The third-order valence-corrected chi connectivity index (χ3v) is 13.8. The molecule has 2 aliphatic rings. The fourth-order valence-corrected chi connectivity index (χ4v) is 6.54. The van der Waals surface area contributed by atoms with E-state index < -0.39 is 25.4 Å². The van der Waals surface area contributed by atoms with Crippen LogP contribution in [0.15, 0.2) is 30.5 Å². The second-order valence-corrected chi connectivity index (χ2v) is 20.4. The van der Waals surface area contributed by atoms with Gasteiger partial charge in [-0.15, -0.1) is 0 Å². The minimum absolute atomic E-state index is 0.000941. The van der Waals surface area contributed by atoms with E-state index in [9.17, 15) is 15.3 Å². The summed E-state index contributed by atoms with van der Waals surface area (Å²) < 4.78 is 14.3.